The van der Waals surface area contributed by atoms with Crippen LogP contribution in [0.5, 0.6) is 0 Å². The van der Waals surface area contributed by atoms with E-state index in [1.807, 2.05) is 4.90 Å². The molecule has 220 valence electrons. The van der Waals surface area contributed by atoms with Crippen molar-refractivity contribution in [3.8, 4) is 0 Å². The van der Waals surface area contributed by atoms with Crippen LogP contribution in [-0.4, -0.2) is 76.7 Å². The second-order valence-corrected chi connectivity index (χ2v) is 19.6. The zero-order valence-electron chi connectivity index (χ0n) is 24.4. The van der Waals surface area contributed by atoms with Crippen LogP contribution in [0, 0.1) is 5.92 Å². The second-order valence-electron chi connectivity index (χ2n) is 12.7. The Labute approximate surface area is 244 Å². The molecule has 1 aliphatic carbocycles. The highest BCUT2D eigenvalue weighted by atomic mass is 35.5. The standard InChI is InChI=1S/C29H42ClN3O5SSi/c1-20(27(34)32(19-21-7-8-21)15-16-38-40(5,6)29(2,3)4)33-14-13-26(28(33)35)31-39(36,37)25-12-10-22-17-24(30)11-9-23(22)18-25/h9-12,17-18,20-21,26,31H,7-8,13-16,19H2,1-6H3/t20-,26-/m0/s1. The molecule has 4 rings (SSSR count). The minimum atomic E-state index is -3.95. The molecule has 2 fully saturated rings. The van der Waals surface area contributed by atoms with Gasteiger partial charge in [0, 0.05) is 24.7 Å². The average molecular weight is 608 g/mol. The number of hydrogen-bond donors (Lipinski definition) is 1. The summed E-state index contributed by atoms with van der Waals surface area (Å²) >= 11 is 6.04. The van der Waals surface area contributed by atoms with Gasteiger partial charge in [0.05, 0.1) is 11.5 Å². The Bertz CT molecular complexity index is 1370. The van der Waals surface area contributed by atoms with Crippen LogP contribution in [0.25, 0.3) is 10.8 Å². The number of likely N-dealkylation sites (tertiary alicyclic amines) is 1. The van der Waals surface area contributed by atoms with E-state index in [1.54, 1.807) is 37.3 Å². The minimum Gasteiger partial charge on any atom is -0.415 e. The van der Waals surface area contributed by atoms with Crippen molar-refractivity contribution in [1.82, 2.24) is 14.5 Å². The summed E-state index contributed by atoms with van der Waals surface area (Å²) in [5.41, 5.74) is 0. The zero-order chi connectivity index (χ0) is 29.5. The van der Waals surface area contributed by atoms with Crippen molar-refractivity contribution in [2.45, 2.75) is 82.1 Å². The summed E-state index contributed by atoms with van der Waals surface area (Å²) in [4.78, 5) is 30.3. The van der Waals surface area contributed by atoms with Gasteiger partial charge in [-0.3, -0.25) is 9.59 Å². The van der Waals surface area contributed by atoms with Gasteiger partial charge in [0.25, 0.3) is 0 Å². The molecule has 1 saturated heterocycles. The van der Waals surface area contributed by atoms with Crippen LogP contribution < -0.4 is 4.72 Å². The Morgan fingerprint density at radius 1 is 1.15 bits per heavy atom. The third-order valence-electron chi connectivity index (χ3n) is 8.56. The topological polar surface area (TPSA) is 96.0 Å². The summed E-state index contributed by atoms with van der Waals surface area (Å²) in [5.74, 6) is 0.00695. The first-order valence-corrected chi connectivity index (χ1v) is 18.8. The fourth-order valence-electron chi connectivity index (χ4n) is 4.74. The van der Waals surface area contributed by atoms with Crippen LogP contribution in [0.15, 0.2) is 41.3 Å². The van der Waals surface area contributed by atoms with Crippen LogP contribution in [0.2, 0.25) is 23.2 Å². The Balaban J connectivity index is 1.40. The average Bonchev–Trinajstić information content (AvgIpc) is 3.63. The largest absolute Gasteiger partial charge is 0.415 e. The van der Waals surface area contributed by atoms with Crippen LogP contribution in [0.1, 0.15) is 47.0 Å². The molecule has 0 unspecified atom stereocenters. The predicted octanol–water partition coefficient (Wildman–Crippen LogP) is 5.02. The Morgan fingerprint density at radius 2 is 1.80 bits per heavy atom. The number of halogens is 1. The van der Waals surface area contributed by atoms with E-state index in [9.17, 15) is 18.0 Å². The summed E-state index contributed by atoms with van der Waals surface area (Å²) < 4.78 is 35.2. The maximum atomic E-state index is 13.6. The summed E-state index contributed by atoms with van der Waals surface area (Å²) in [7, 11) is -5.89. The number of fused-ring (bicyclic) bond motifs is 1. The molecule has 40 heavy (non-hydrogen) atoms. The summed E-state index contributed by atoms with van der Waals surface area (Å²) in [5, 5.41) is 2.21. The molecule has 2 aromatic carbocycles. The van der Waals surface area contributed by atoms with Gasteiger partial charge < -0.3 is 14.2 Å². The Hall–Kier alpha value is -1.98. The molecule has 2 aliphatic rings. The van der Waals surface area contributed by atoms with E-state index in [2.05, 4.69) is 38.6 Å². The molecule has 0 spiro atoms. The highest BCUT2D eigenvalue weighted by molar-refractivity contribution is 7.89. The zero-order valence-corrected chi connectivity index (χ0v) is 26.9. The maximum Gasteiger partial charge on any atom is 0.245 e. The van der Waals surface area contributed by atoms with Crippen LogP contribution in [0.3, 0.4) is 0 Å². The van der Waals surface area contributed by atoms with E-state index in [4.69, 9.17) is 16.0 Å². The normalized spacial score (nSPS) is 19.3. The van der Waals surface area contributed by atoms with E-state index >= 15 is 0 Å². The number of sulfonamides is 1. The van der Waals surface area contributed by atoms with E-state index in [-0.39, 0.29) is 21.7 Å². The SMILES string of the molecule is C[C@@H](C(=O)N(CCO[Si](C)(C)C(C)(C)C)CC1CC1)N1CC[C@H](NS(=O)(=O)c2ccc3cc(Cl)ccc3c2)C1=O. The second kappa shape index (κ2) is 11.7. The molecular formula is C29H42ClN3O5SSi. The van der Waals surface area contributed by atoms with Gasteiger partial charge in [0.15, 0.2) is 8.32 Å². The van der Waals surface area contributed by atoms with Gasteiger partial charge in [0.2, 0.25) is 21.8 Å². The van der Waals surface area contributed by atoms with Gasteiger partial charge in [-0.2, -0.15) is 4.72 Å². The smallest absolute Gasteiger partial charge is 0.245 e. The van der Waals surface area contributed by atoms with E-state index in [0.29, 0.717) is 43.6 Å². The molecule has 8 nitrogen and oxygen atoms in total. The van der Waals surface area contributed by atoms with Gasteiger partial charge >= 0.3 is 0 Å². The molecule has 2 amide bonds. The molecular weight excluding hydrogens is 566 g/mol. The number of carbonyl (C=O) groups excluding carboxylic acids is 2. The molecule has 11 heteroatoms. The number of nitrogens with one attached hydrogen (secondary N) is 1. The Morgan fingerprint density at radius 3 is 2.45 bits per heavy atom. The number of hydrogen-bond acceptors (Lipinski definition) is 5. The highest BCUT2D eigenvalue weighted by Crippen LogP contribution is 2.36. The van der Waals surface area contributed by atoms with Crippen molar-refractivity contribution >= 4 is 52.5 Å². The Kier molecular flexibility index (Phi) is 9.07. The molecule has 2 atom stereocenters. The van der Waals surface area contributed by atoms with Crippen molar-refractivity contribution < 1.29 is 22.4 Å². The highest BCUT2D eigenvalue weighted by Gasteiger charge is 2.41. The number of carbonyl (C=O) groups is 2. The lowest BCUT2D eigenvalue weighted by atomic mass is 10.1. The van der Waals surface area contributed by atoms with E-state index in [0.717, 1.165) is 23.6 Å². The summed E-state index contributed by atoms with van der Waals surface area (Å²) in [6.45, 7) is 14.6. The monoisotopic (exact) mass is 607 g/mol. The maximum absolute atomic E-state index is 13.6. The fourth-order valence-corrected chi connectivity index (χ4v) is 7.22. The third-order valence-corrected chi connectivity index (χ3v) is 14.8. The minimum absolute atomic E-state index is 0.0787. The molecule has 1 N–H and O–H groups in total. The number of benzene rings is 2. The van der Waals surface area contributed by atoms with Crippen molar-refractivity contribution in [3.63, 3.8) is 0 Å². The van der Waals surface area contributed by atoms with E-state index < -0.39 is 30.4 Å². The summed E-state index contributed by atoms with van der Waals surface area (Å²) in [6.07, 6.45) is 2.51. The molecule has 0 aromatic heterocycles. The predicted molar refractivity (Wildman–Crippen MR) is 161 cm³/mol. The first-order valence-electron chi connectivity index (χ1n) is 14.0. The molecule has 0 bridgehead atoms. The molecule has 1 aliphatic heterocycles. The first kappa shape index (κ1) is 31.0. The molecule has 1 heterocycles. The lowest BCUT2D eigenvalue weighted by Crippen LogP contribution is -2.51. The lowest BCUT2D eigenvalue weighted by Gasteiger charge is -2.37. The molecule has 0 radical (unpaired) electrons. The first-order chi connectivity index (χ1) is 18.6. The lowest BCUT2D eigenvalue weighted by molar-refractivity contribution is -0.143. The summed E-state index contributed by atoms with van der Waals surface area (Å²) in [6, 6.07) is 8.41. The molecule has 1 saturated carbocycles. The van der Waals surface area contributed by atoms with E-state index in [1.165, 1.54) is 11.0 Å². The van der Waals surface area contributed by atoms with Crippen LogP contribution in [-0.2, 0) is 24.0 Å². The van der Waals surface area contributed by atoms with Gasteiger partial charge in [-0.25, -0.2) is 8.42 Å². The third kappa shape index (κ3) is 7.07. The van der Waals surface area contributed by atoms with Gasteiger partial charge in [0.1, 0.15) is 12.1 Å². The quantitative estimate of drug-likeness (QED) is 0.362. The number of nitrogens with zero attached hydrogens (tertiary/aromatic N) is 2. The number of amides is 2. The fraction of sp³-hybridized carbons (Fsp3) is 0.586. The van der Waals surface area contributed by atoms with Crippen molar-refractivity contribution in [2.24, 2.45) is 5.92 Å². The van der Waals surface area contributed by atoms with Crippen molar-refractivity contribution in [3.05, 3.63) is 41.4 Å². The van der Waals surface area contributed by atoms with Crippen molar-refractivity contribution in [1.29, 1.82) is 0 Å². The van der Waals surface area contributed by atoms with Crippen LogP contribution in [0.4, 0.5) is 0 Å². The van der Waals surface area contributed by atoms with Gasteiger partial charge in [-0.1, -0.05) is 44.5 Å². The number of rotatable bonds is 11. The van der Waals surface area contributed by atoms with Crippen LogP contribution >= 0.6 is 11.6 Å². The molecule has 2 aromatic rings. The van der Waals surface area contributed by atoms with Gasteiger partial charge in [-0.05, 0) is 85.3 Å². The van der Waals surface area contributed by atoms with Gasteiger partial charge in [-0.15, -0.1) is 0 Å². The van der Waals surface area contributed by atoms with Crippen molar-refractivity contribution in [2.75, 3.05) is 26.2 Å².